The summed E-state index contributed by atoms with van der Waals surface area (Å²) in [6.07, 6.45) is 1.65. The van der Waals surface area contributed by atoms with Crippen molar-refractivity contribution in [3.63, 3.8) is 0 Å². The molecule has 5 nitrogen and oxygen atoms in total. The van der Waals surface area contributed by atoms with Crippen molar-refractivity contribution < 1.29 is 22.4 Å². The van der Waals surface area contributed by atoms with E-state index in [2.05, 4.69) is 0 Å². The van der Waals surface area contributed by atoms with Crippen molar-refractivity contribution in [1.82, 2.24) is 0 Å². The number of furan rings is 1. The molecule has 3 atom stereocenters. The van der Waals surface area contributed by atoms with Gasteiger partial charge >= 0.3 is 0 Å². The molecule has 0 amide bonds. The number of carbonyl (C=O) groups excluding carboxylic acids is 2. The third kappa shape index (κ3) is 1.63. The molecule has 0 unspecified atom stereocenters. The Morgan fingerprint density at radius 2 is 1.89 bits per heavy atom. The number of ketones is 2. The Kier molecular flexibility index (Phi) is 2.45. The zero-order valence-electron chi connectivity index (χ0n) is 9.53. The summed E-state index contributed by atoms with van der Waals surface area (Å²) in [7, 11) is -3.46. The largest absolute Gasteiger partial charge is 0.469 e. The first-order valence-electron chi connectivity index (χ1n) is 5.78. The summed E-state index contributed by atoms with van der Waals surface area (Å²) in [4.78, 5) is 23.4. The van der Waals surface area contributed by atoms with Crippen LogP contribution in [0, 0.1) is 5.92 Å². The monoisotopic (exact) mass is 268 g/mol. The Morgan fingerprint density at radius 1 is 1.17 bits per heavy atom. The van der Waals surface area contributed by atoms with Gasteiger partial charge < -0.3 is 4.42 Å². The summed E-state index contributed by atoms with van der Waals surface area (Å²) in [5.41, 5.74) is 0. The second kappa shape index (κ2) is 3.78. The van der Waals surface area contributed by atoms with E-state index in [9.17, 15) is 18.0 Å². The highest BCUT2D eigenvalue weighted by Crippen LogP contribution is 2.43. The fourth-order valence-corrected chi connectivity index (χ4v) is 5.33. The molecule has 0 N–H and O–H groups in total. The minimum Gasteiger partial charge on any atom is -0.469 e. The van der Waals surface area contributed by atoms with Gasteiger partial charge in [0.05, 0.1) is 11.5 Å². The molecule has 1 aromatic heterocycles. The zero-order chi connectivity index (χ0) is 12.9. The molecule has 0 aromatic carbocycles. The average molecular weight is 268 g/mol. The predicted molar refractivity (Wildman–Crippen MR) is 61.8 cm³/mol. The van der Waals surface area contributed by atoms with E-state index in [1.54, 1.807) is 12.1 Å². The van der Waals surface area contributed by atoms with Gasteiger partial charge in [0.1, 0.15) is 17.3 Å². The number of hydrogen-bond acceptors (Lipinski definition) is 5. The summed E-state index contributed by atoms with van der Waals surface area (Å²) in [5.74, 6) is -1.54. The number of carbonyl (C=O) groups is 2. The minimum absolute atomic E-state index is 0.0555. The van der Waals surface area contributed by atoms with Gasteiger partial charge in [-0.3, -0.25) is 9.59 Å². The molecule has 0 spiro atoms. The second-order valence-electron chi connectivity index (χ2n) is 4.91. The molecule has 1 aromatic rings. The van der Waals surface area contributed by atoms with E-state index in [-0.39, 0.29) is 24.4 Å². The van der Waals surface area contributed by atoms with Crippen LogP contribution in [0.2, 0.25) is 0 Å². The first kappa shape index (κ1) is 11.6. The number of Topliss-reactive ketones (excluding diaryl/α,β-unsaturated/α-hetero) is 2. The highest BCUT2D eigenvalue weighted by Gasteiger charge is 2.54. The lowest BCUT2D eigenvalue weighted by molar-refractivity contribution is -0.128. The van der Waals surface area contributed by atoms with Crippen molar-refractivity contribution in [3.8, 4) is 0 Å². The van der Waals surface area contributed by atoms with Crippen LogP contribution in [0.25, 0.3) is 0 Å². The van der Waals surface area contributed by atoms with E-state index in [0.717, 1.165) is 0 Å². The molecule has 96 valence electrons. The van der Waals surface area contributed by atoms with Crippen LogP contribution in [0.1, 0.15) is 24.5 Å². The van der Waals surface area contributed by atoms with Gasteiger partial charge in [0.15, 0.2) is 15.6 Å². The summed E-state index contributed by atoms with van der Waals surface area (Å²) >= 11 is 0. The predicted octanol–water partition coefficient (Wildman–Crippen LogP) is 0.708. The normalized spacial score (nSPS) is 34.6. The Bertz CT molecular complexity index is 598. The van der Waals surface area contributed by atoms with Gasteiger partial charge in [-0.25, -0.2) is 8.42 Å². The molecule has 2 aliphatic rings. The lowest BCUT2D eigenvalue weighted by Crippen LogP contribution is -2.38. The van der Waals surface area contributed by atoms with Crippen LogP contribution in [0.3, 0.4) is 0 Å². The van der Waals surface area contributed by atoms with Crippen LogP contribution in [0.15, 0.2) is 22.8 Å². The second-order valence-corrected chi connectivity index (χ2v) is 7.07. The Labute approximate surface area is 104 Å². The van der Waals surface area contributed by atoms with Crippen molar-refractivity contribution in [2.45, 2.75) is 24.0 Å². The smallest absolute Gasteiger partial charge is 0.161 e. The molecule has 0 radical (unpaired) electrons. The molecule has 1 saturated carbocycles. The summed E-state index contributed by atoms with van der Waals surface area (Å²) < 4.78 is 29.3. The van der Waals surface area contributed by atoms with Crippen LogP contribution >= 0.6 is 0 Å². The van der Waals surface area contributed by atoms with E-state index in [4.69, 9.17) is 4.42 Å². The van der Waals surface area contributed by atoms with E-state index in [1.807, 2.05) is 0 Å². The van der Waals surface area contributed by atoms with Crippen molar-refractivity contribution in [2.24, 2.45) is 5.92 Å². The average Bonchev–Trinajstić information content (AvgIpc) is 2.86. The summed E-state index contributed by atoms with van der Waals surface area (Å²) in [5, 5.41) is -0.783. The highest BCUT2D eigenvalue weighted by molar-refractivity contribution is 7.93. The number of rotatable bonds is 1. The van der Waals surface area contributed by atoms with Crippen LogP contribution in [0.5, 0.6) is 0 Å². The zero-order valence-corrected chi connectivity index (χ0v) is 10.4. The molecular formula is C12H12O5S. The maximum Gasteiger partial charge on any atom is 0.161 e. The Hall–Kier alpha value is -1.43. The van der Waals surface area contributed by atoms with Crippen LogP contribution in [-0.4, -0.2) is 31.0 Å². The van der Waals surface area contributed by atoms with Crippen molar-refractivity contribution in [2.75, 3.05) is 5.75 Å². The third-order valence-electron chi connectivity index (χ3n) is 3.77. The molecule has 0 bridgehead atoms. The van der Waals surface area contributed by atoms with Gasteiger partial charge in [-0.05, 0) is 12.1 Å². The van der Waals surface area contributed by atoms with Crippen LogP contribution < -0.4 is 0 Å². The Morgan fingerprint density at radius 3 is 2.56 bits per heavy atom. The van der Waals surface area contributed by atoms with Gasteiger partial charge in [-0.15, -0.1) is 0 Å². The number of fused-ring (bicyclic) bond motifs is 1. The quantitative estimate of drug-likeness (QED) is 0.749. The van der Waals surface area contributed by atoms with E-state index in [0.29, 0.717) is 5.76 Å². The van der Waals surface area contributed by atoms with E-state index < -0.39 is 32.7 Å². The third-order valence-corrected chi connectivity index (χ3v) is 5.94. The first-order chi connectivity index (χ1) is 8.49. The van der Waals surface area contributed by atoms with Gasteiger partial charge in [0.25, 0.3) is 0 Å². The van der Waals surface area contributed by atoms with Gasteiger partial charge in [0.2, 0.25) is 0 Å². The molecule has 1 saturated heterocycles. The van der Waals surface area contributed by atoms with Crippen LogP contribution in [0.4, 0.5) is 0 Å². The molecule has 2 heterocycles. The molecule has 2 fully saturated rings. The SMILES string of the molecule is O=C1C[C@@H]2C(=O)CS(=O)(=O)[C@H]2[C@@H](c2ccco2)C1. The van der Waals surface area contributed by atoms with Gasteiger partial charge in [-0.2, -0.15) is 0 Å². The topological polar surface area (TPSA) is 81.4 Å². The number of hydrogen-bond donors (Lipinski definition) is 0. The highest BCUT2D eigenvalue weighted by atomic mass is 32.2. The molecule has 1 aliphatic carbocycles. The molecule has 1 aliphatic heterocycles. The standard InChI is InChI=1S/C12H12O5S/c13-7-4-8-10(14)6-18(15,16)12(8)9(5-7)11-2-1-3-17-11/h1-3,8-9,12H,4-6H2/t8-,9-,12-/m1/s1. The molecule has 6 heteroatoms. The van der Waals surface area contributed by atoms with E-state index >= 15 is 0 Å². The van der Waals surface area contributed by atoms with Gasteiger partial charge in [-0.1, -0.05) is 0 Å². The maximum atomic E-state index is 12.0. The summed E-state index contributed by atoms with van der Waals surface area (Å²) in [6.45, 7) is 0. The molecule has 3 rings (SSSR count). The summed E-state index contributed by atoms with van der Waals surface area (Å²) in [6, 6.07) is 3.32. The lowest BCUT2D eigenvalue weighted by Gasteiger charge is -2.29. The molecular weight excluding hydrogens is 256 g/mol. The van der Waals surface area contributed by atoms with Crippen molar-refractivity contribution >= 4 is 21.4 Å². The fraction of sp³-hybridized carbons (Fsp3) is 0.500. The van der Waals surface area contributed by atoms with Crippen molar-refractivity contribution in [1.29, 1.82) is 0 Å². The molecule has 18 heavy (non-hydrogen) atoms. The number of sulfone groups is 1. The van der Waals surface area contributed by atoms with E-state index in [1.165, 1.54) is 6.26 Å². The Balaban J connectivity index is 2.08. The lowest BCUT2D eigenvalue weighted by atomic mass is 9.77. The van der Waals surface area contributed by atoms with Crippen molar-refractivity contribution in [3.05, 3.63) is 24.2 Å². The fourth-order valence-electron chi connectivity index (χ4n) is 3.05. The maximum absolute atomic E-state index is 12.0. The van der Waals surface area contributed by atoms with Crippen LogP contribution in [-0.2, 0) is 19.4 Å². The van der Waals surface area contributed by atoms with Gasteiger partial charge in [0, 0.05) is 24.7 Å². The minimum atomic E-state index is -3.46. The first-order valence-corrected chi connectivity index (χ1v) is 7.50.